The molecule has 2 fully saturated rings. The molecule has 22 heavy (non-hydrogen) atoms. The van der Waals surface area contributed by atoms with Crippen LogP contribution >= 0.6 is 0 Å². The topological polar surface area (TPSA) is 49.8 Å². The molecule has 1 atom stereocenters. The molecule has 4 heteroatoms. The predicted octanol–water partition coefficient (Wildman–Crippen LogP) is 2.39. The van der Waals surface area contributed by atoms with E-state index in [-0.39, 0.29) is 17.4 Å². The Balaban J connectivity index is 1.46. The van der Waals surface area contributed by atoms with Gasteiger partial charge in [-0.25, -0.2) is 0 Å². The zero-order valence-corrected chi connectivity index (χ0v) is 13.3. The van der Waals surface area contributed by atoms with Crippen molar-refractivity contribution in [3.63, 3.8) is 0 Å². The average molecular weight is 303 g/mol. The molecular formula is C18H25NO3. The third-order valence-corrected chi connectivity index (χ3v) is 5.52. The number of carbonyl (C=O) groups is 1. The second-order valence-corrected chi connectivity index (χ2v) is 6.65. The first-order valence-electron chi connectivity index (χ1n) is 8.22. The smallest absolute Gasteiger partial charge is 0.222 e. The predicted molar refractivity (Wildman–Crippen MR) is 84.8 cm³/mol. The molecule has 1 amide bonds. The number of benzene rings is 1. The molecule has 1 aliphatic heterocycles. The number of aryl methyl sites for hydroxylation is 1. The van der Waals surface area contributed by atoms with Gasteiger partial charge < -0.3 is 14.7 Å². The number of likely N-dealkylation sites (tertiary alicyclic amines) is 1. The molecule has 3 rings (SSSR count). The maximum Gasteiger partial charge on any atom is 0.222 e. The van der Waals surface area contributed by atoms with E-state index in [4.69, 9.17) is 4.74 Å². The van der Waals surface area contributed by atoms with Gasteiger partial charge in [-0.05, 0) is 55.2 Å². The molecule has 1 aromatic rings. The Morgan fingerprint density at radius 2 is 1.95 bits per heavy atom. The summed E-state index contributed by atoms with van der Waals surface area (Å²) in [6.07, 6.45) is 5.18. The van der Waals surface area contributed by atoms with E-state index in [1.807, 2.05) is 29.2 Å². The number of piperidine rings is 1. The van der Waals surface area contributed by atoms with E-state index in [1.165, 1.54) is 0 Å². The van der Waals surface area contributed by atoms with Crippen molar-refractivity contribution in [2.75, 3.05) is 20.2 Å². The molecule has 1 heterocycles. The second-order valence-electron chi connectivity index (χ2n) is 6.65. The Morgan fingerprint density at radius 1 is 1.27 bits per heavy atom. The number of carbonyl (C=O) groups excluding carboxylic acids is 1. The molecular weight excluding hydrogens is 278 g/mol. The van der Waals surface area contributed by atoms with Crippen LogP contribution in [-0.4, -0.2) is 42.2 Å². The van der Waals surface area contributed by atoms with Crippen LogP contribution in [0.25, 0.3) is 0 Å². The molecule has 1 saturated heterocycles. The summed E-state index contributed by atoms with van der Waals surface area (Å²) in [6, 6.07) is 7.90. The Labute approximate surface area is 132 Å². The van der Waals surface area contributed by atoms with Crippen LogP contribution in [0.1, 0.15) is 37.7 Å². The standard InChI is InChI=1S/C18H25NO3/c1-22-15-5-2-14(3-6-15)4-7-17(21)19-12-10-18(11-13-19)9-8-16(18)20/h2-3,5-6,16,20H,4,7-13H2,1H3. The first-order chi connectivity index (χ1) is 10.6. The van der Waals surface area contributed by atoms with Crippen molar-refractivity contribution in [1.29, 1.82) is 0 Å². The van der Waals surface area contributed by atoms with Gasteiger partial charge >= 0.3 is 0 Å². The summed E-state index contributed by atoms with van der Waals surface area (Å²) >= 11 is 0. The summed E-state index contributed by atoms with van der Waals surface area (Å²) in [5.41, 5.74) is 1.30. The van der Waals surface area contributed by atoms with E-state index in [0.29, 0.717) is 6.42 Å². The number of hydrogen-bond donors (Lipinski definition) is 1. The number of hydrogen-bond acceptors (Lipinski definition) is 3. The van der Waals surface area contributed by atoms with Gasteiger partial charge in [-0.15, -0.1) is 0 Å². The molecule has 1 N–H and O–H groups in total. The minimum Gasteiger partial charge on any atom is -0.497 e. The van der Waals surface area contributed by atoms with E-state index in [0.717, 1.165) is 56.5 Å². The molecule has 1 aliphatic carbocycles. The van der Waals surface area contributed by atoms with Gasteiger partial charge in [-0.2, -0.15) is 0 Å². The fourth-order valence-corrected chi connectivity index (χ4v) is 3.67. The fraction of sp³-hybridized carbons (Fsp3) is 0.611. The summed E-state index contributed by atoms with van der Waals surface area (Å²) in [5, 5.41) is 9.93. The molecule has 4 nitrogen and oxygen atoms in total. The fourth-order valence-electron chi connectivity index (χ4n) is 3.67. The van der Waals surface area contributed by atoms with Crippen LogP contribution in [0.15, 0.2) is 24.3 Å². The van der Waals surface area contributed by atoms with Crippen LogP contribution in [0.5, 0.6) is 5.75 Å². The number of methoxy groups -OCH3 is 1. The van der Waals surface area contributed by atoms with E-state index in [1.54, 1.807) is 7.11 Å². The van der Waals surface area contributed by atoms with Crippen molar-refractivity contribution in [2.45, 2.75) is 44.6 Å². The van der Waals surface area contributed by atoms with Crippen molar-refractivity contribution in [1.82, 2.24) is 4.90 Å². The van der Waals surface area contributed by atoms with Crippen molar-refractivity contribution in [3.05, 3.63) is 29.8 Å². The lowest BCUT2D eigenvalue weighted by molar-refractivity contribution is -0.141. The number of ether oxygens (including phenoxy) is 1. The zero-order valence-electron chi connectivity index (χ0n) is 13.3. The van der Waals surface area contributed by atoms with Gasteiger partial charge in [0.25, 0.3) is 0 Å². The largest absolute Gasteiger partial charge is 0.497 e. The highest BCUT2D eigenvalue weighted by molar-refractivity contribution is 5.76. The van der Waals surface area contributed by atoms with Gasteiger partial charge in [0.05, 0.1) is 13.2 Å². The highest BCUT2D eigenvalue weighted by Gasteiger charge is 2.47. The maximum absolute atomic E-state index is 12.3. The van der Waals surface area contributed by atoms with Crippen LogP contribution in [0, 0.1) is 5.41 Å². The van der Waals surface area contributed by atoms with E-state index in [9.17, 15) is 9.90 Å². The van der Waals surface area contributed by atoms with E-state index < -0.39 is 0 Å². The minimum atomic E-state index is -0.135. The van der Waals surface area contributed by atoms with Crippen LogP contribution in [0.2, 0.25) is 0 Å². The van der Waals surface area contributed by atoms with Crippen molar-refractivity contribution in [2.24, 2.45) is 5.41 Å². The number of aliphatic hydroxyl groups excluding tert-OH is 1. The van der Waals surface area contributed by atoms with E-state index >= 15 is 0 Å². The quantitative estimate of drug-likeness (QED) is 0.929. The number of rotatable bonds is 4. The lowest BCUT2D eigenvalue weighted by Crippen LogP contribution is -2.53. The van der Waals surface area contributed by atoms with Gasteiger partial charge in [-0.1, -0.05) is 12.1 Å². The molecule has 0 radical (unpaired) electrons. The molecule has 1 saturated carbocycles. The van der Waals surface area contributed by atoms with Gasteiger partial charge in [0.2, 0.25) is 5.91 Å². The lowest BCUT2D eigenvalue weighted by Gasteiger charge is -2.51. The Kier molecular flexibility index (Phi) is 4.39. The van der Waals surface area contributed by atoms with Gasteiger partial charge in [0.1, 0.15) is 5.75 Å². The summed E-state index contributed by atoms with van der Waals surface area (Å²) in [4.78, 5) is 14.3. The third-order valence-electron chi connectivity index (χ3n) is 5.52. The number of nitrogens with zero attached hydrogens (tertiary/aromatic N) is 1. The first kappa shape index (κ1) is 15.3. The molecule has 1 unspecified atom stereocenters. The van der Waals surface area contributed by atoms with Gasteiger partial charge in [-0.3, -0.25) is 4.79 Å². The van der Waals surface area contributed by atoms with Crippen molar-refractivity contribution in [3.8, 4) is 5.75 Å². The van der Waals surface area contributed by atoms with Crippen LogP contribution in [-0.2, 0) is 11.2 Å². The van der Waals surface area contributed by atoms with Crippen LogP contribution in [0.4, 0.5) is 0 Å². The molecule has 0 aromatic heterocycles. The van der Waals surface area contributed by atoms with Crippen LogP contribution < -0.4 is 4.74 Å². The number of aliphatic hydroxyl groups is 1. The normalized spacial score (nSPS) is 23.2. The lowest BCUT2D eigenvalue weighted by atomic mass is 9.61. The summed E-state index contributed by atoms with van der Waals surface area (Å²) in [6.45, 7) is 1.61. The molecule has 120 valence electrons. The van der Waals surface area contributed by atoms with Gasteiger partial charge in [0.15, 0.2) is 0 Å². The molecule has 1 aromatic carbocycles. The summed E-state index contributed by atoms with van der Waals surface area (Å²) < 4.78 is 5.14. The third kappa shape index (κ3) is 2.98. The first-order valence-corrected chi connectivity index (χ1v) is 8.22. The minimum absolute atomic E-state index is 0.132. The maximum atomic E-state index is 12.3. The van der Waals surface area contributed by atoms with Crippen LogP contribution in [0.3, 0.4) is 0 Å². The Hall–Kier alpha value is -1.55. The average Bonchev–Trinajstić information content (AvgIpc) is 2.58. The monoisotopic (exact) mass is 303 g/mol. The Bertz CT molecular complexity index is 518. The second kappa shape index (κ2) is 6.29. The van der Waals surface area contributed by atoms with Crippen molar-refractivity contribution < 1.29 is 14.6 Å². The van der Waals surface area contributed by atoms with Crippen molar-refractivity contribution >= 4 is 5.91 Å². The SMILES string of the molecule is COc1ccc(CCC(=O)N2CCC3(CCC3O)CC2)cc1. The summed E-state index contributed by atoms with van der Waals surface area (Å²) in [7, 11) is 1.65. The molecule has 0 bridgehead atoms. The zero-order chi connectivity index (χ0) is 15.6. The molecule has 1 spiro atoms. The van der Waals surface area contributed by atoms with E-state index in [2.05, 4.69) is 0 Å². The Morgan fingerprint density at radius 3 is 2.45 bits per heavy atom. The molecule has 2 aliphatic rings. The number of amides is 1. The summed E-state index contributed by atoms with van der Waals surface area (Å²) in [5.74, 6) is 1.08. The highest BCUT2D eigenvalue weighted by atomic mass is 16.5. The van der Waals surface area contributed by atoms with Gasteiger partial charge in [0, 0.05) is 19.5 Å². The highest BCUT2D eigenvalue weighted by Crippen LogP contribution is 2.49.